The van der Waals surface area contributed by atoms with Crippen LogP contribution in [0.5, 0.6) is 0 Å². The van der Waals surface area contributed by atoms with Crippen LogP contribution in [0.3, 0.4) is 0 Å². The molecular formula is C14H10ClNO2S. The van der Waals surface area contributed by atoms with E-state index in [4.69, 9.17) is 28.2 Å². The van der Waals surface area contributed by atoms with Crippen molar-refractivity contribution in [2.45, 2.75) is 6.10 Å². The van der Waals surface area contributed by atoms with Crippen LogP contribution < -0.4 is 0 Å². The van der Waals surface area contributed by atoms with Crippen molar-refractivity contribution in [3.05, 3.63) is 63.5 Å². The van der Waals surface area contributed by atoms with Crippen molar-refractivity contribution >= 4 is 34.9 Å². The predicted octanol–water partition coefficient (Wildman–Crippen LogP) is 4.23. The third-order valence-electron chi connectivity index (χ3n) is 2.95. The molecule has 96 valence electrons. The quantitative estimate of drug-likeness (QED) is 0.695. The van der Waals surface area contributed by atoms with Crippen LogP contribution in [-0.4, -0.2) is 10.1 Å². The van der Waals surface area contributed by atoms with Crippen LogP contribution in [0.4, 0.5) is 0 Å². The molecule has 1 heterocycles. The normalized spacial score (nSPS) is 12.7. The molecule has 0 aliphatic rings. The van der Waals surface area contributed by atoms with Gasteiger partial charge in [0.15, 0.2) is 5.58 Å². The Labute approximate surface area is 119 Å². The maximum atomic E-state index is 10.3. The molecular weight excluding hydrogens is 282 g/mol. The van der Waals surface area contributed by atoms with E-state index in [-0.39, 0.29) is 0 Å². The van der Waals surface area contributed by atoms with E-state index in [9.17, 15) is 5.11 Å². The second-order valence-corrected chi connectivity index (χ2v) is 5.03. The highest BCUT2D eigenvalue weighted by Gasteiger charge is 2.12. The zero-order chi connectivity index (χ0) is 13.4. The molecule has 1 unspecified atom stereocenters. The zero-order valence-corrected chi connectivity index (χ0v) is 11.3. The molecule has 0 saturated heterocycles. The molecule has 0 aliphatic heterocycles. The lowest BCUT2D eigenvalue weighted by molar-refractivity contribution is 0.220. The Kier molecular flexibility index (Phi) is 3.14. The fourth-order valence-corrected chi connectivity index (χ4v) is 2.30. The number of hydrogen-bond donors (Lipinski definition) is 2. The number of halogens is 1. The average molecular weight is 292 g/mol. The molecule has 0 fully saturated rings. The minimum atomic E-state index is -0.722. The van der Waals surface area contributed by atoms with Gasteiger partial charge >= 0.3 is 0 Å². The van der Waals surface area contributed by atoms with Gasteiger partial charge in [0.1, 0.15) is 6.10 Å². The highest BCUT2D eigenvalue weighted by Crippen LogP contribution is 2.26. The standard InChI is InChI=1S/C14H10ClNO2S/c15-10-4-1-8(2-5-10)13(17)9-3-6-11-12(7-9)18-14(19)16-11/h1-7,13,17H,(H,16,19). The lowest BCUT2D eigenvalue weighted by atomic mass is 10.0. The topological polar surface area (TPSA) is 49.2 Å². The molecule has 0 spiro atoms. The molecule has 1 aromatic heterocycles. The van der Waals surface area contributed by atoms with E-state index in [2.05, 4.69) is 4.98 Å². The minimum absolute atomic E-state index is 0.327. The number of H-pyrrole nitrogens is 1. The van der Waals surface area contributed by atoms with Crippen molar-refractivity contribution in [3.8, 4) is 0 Å². The highest BCUT2D eigenvalue weighted by atomic mass is 35.5. The van der Waals surface area contributed by atoms with E-state index in [1.54, 1.807) is 30.3 Å². The van der Waals surface area contributed by atoms with Gasteiger partial charge in [-0.15, -0.1) is 0 Å². The van der Waals surface area contributed by atoms with Gasteiger partial charge in [0.25, 0.3) is 4.84 Å². The molecule has 1 atom stereocenters. The van der Waals surface area contributed by atoms with Gasteiger partial charge in [-0.2, -0.15) is 0 Å². The summed E-state index contributed by atoms with van der Waals surface area (Å²) in [5.74, 6) is 0. The fraction of sp³-hybridized carbons (Fsp3) is 0.0714. The molecule has 0 aliphatic carbocycles. The number of aliphatic hydroxyl groups excluding tert-OH is 1. The van der Waals surface area contributed by atoms with Crippen LogP contribution in [-0.2, 0) is 0 Å². The number of aromatic nitrogens is 1. The summed E-state index contributed by atoms with van der Waals surface area (Å²) in [5.41, 5.74) is 2.97. The van der Waals surface area contributed by atoms with Gasteiger partial charge in [0.2, 0.25) is 0 Å². The minimum Gasteiger partial charge on any atom is -0.429 e. The van der Waals surface area contributed by atoms with Crippen molar-refractivity contribution in [1.82, 2.24) is 4.98 Å². The summed E-state index contributed by atoms with van der Waals surface area (Å²) < 4.78 is 5.34. The lowest BCUT2D eigenvalue weighted by Crippen LogP contribution is -1.98. The number of rotatable bonds is 2. The Balaban J connectivity index is 2.03. The SMILES string of the molecule is OC(c1ccc(Cl)cc1)c1ccc2[nH]c(=S)oc2c1. The second kappa shape index (κ2) is 4.81. The average Bonchev–Trinajstić information content (AvgIpc) is 2.77. The van der Waals surface area contributed by atoms with Crippen LogP contribution in [0.1, 0.15) is 17.2 Å². The maximum Gasteiger partial charge on any atom is 0.266 e. The van der Waals surface area contributed by atoms with Gasteiger partial charge in [-0.1, -0.05) is 29.8 Å². The molecule has 0 bridgehead atoms. The first kappa shape index (κ1) is 12.4. The number of fused-ring (bicyclic) bond motifs is 1. The zero-order valence-electron chi connectivity index (χ0n) is 9.76. The van der Waals surface area contributed by atoms with E-state index in [0.29, 0.717) is 15.4 Å². The summed E-state index contributed by atoms with van der Waals surface area (Å²) in [6, 6.07) is 12.5. The smallest absolute Gasteiger partial charge is 0.266 e. The molecule has 3 rings (SSSR count). The summed E-state index contributed by atoms with van der Waals surface area (Å²) in [5, 5.41) is 11.0. The van der Waals surface area contributed by atoms with Crippen molar-refractivity contribution in [2.24, 2.45) is 0 Å². The molecule has 19 heavy (non-hydrogen) atoms. The molecule has 0 radical (unpaired) electrons. The molecule has 3 aromatic rings. The van der Waals surface area contributed by atoms with E-state index >= 15 is 0 Å². The fourth-order valence-electron chi connectivity index (χ4n) is 1.97. The van der Waals surface area contributed by atoms with Gasteiger partial charge < -0.3 is 14.5 Å². The van der Waals surface area contributed by atoms with Crippen LogP contribution in [0.15, 0.2) is 46.9 Å². The van der Waals surface area contributed by atoms with Gasteiger partial charge in [-0.25, -0.2) is 0 Å². The van der Waals surface area contributed by atoms with Crippen LogP contribution in [0.2, 0.25) is 5.02 Å². The first-order chi connectivity index (χ1) is 9.13. The Hall–Kier alpha value is -1.62. The summed E-state index contributed by atoms with van der Waals surface area (Å²) in [4.78, 5) is 3.25. The number of aliphatic hydroxyl groups is 1. The Morgan fingerprint density at radius 2 is 1.79 bits per heavy atom. The lowest BCUT2D eigenvalue weighted by Gasteiger charge is -2.11. The van der Waals surface area contributed by atoms with E-state index < -0.39 is 6.10 Å². The van der Waals surface area contributed by atoms with Gasteiger partial charge in [0.05, 0.1) is 5.52 Å². The second-order valence-electron chi connectivity index (χ2n) is 4.22. The summed E-state index contributed by atoms with van der Waals surface area (Å²) in [6.45, 7) is 0. The maximum absolute atomic E-state index is 10.3. The monoisotopic (exact) mass is 291 g/mol. The van der Waals surface area contributed by atoms with Crippen molar-refractivity contribution in [3.63, 3.8) is 0 Å². The first-order valence-corrected chi connectivity index (χ1v) is 6.48. The number of hydrogen-bond acceptors (Lipinski definition) is 3. The van der Waals surface area contributed by atoms with E-state index in [1.165, 1.54) is 0 Å². The van der Waals surface area contributed by atoms with Gasteiger partial charge in [-0.05, 0) is 47.6 Å². The Morgan fingerprint density at radius 3 is 2.53 bits per heavy atom. The molecule has 2 N–H and O–H groups in total. The van der Waals surface area contributed by atoms with Gasteiger partial charge in [-0.3, -0.25) is 0 Å². The number of nitrogens with one attached hydrogen (secondary N) is 1. The molecule has 0 saturated carbocycles. The predicted molar refractivity (Wildman–Crippen MR) is 76.9 cm³/mol. The van der Waals surface area contributed by atoms with Crippen molar-refractivity contribution < 1.29 is 9.52 Å². The van der Waals surface area contributed by atoms with Crippen LogP contribution in [0, 0.1) is 4.84 Å². The first-order valence-electron chi connectivity index (χ1n) is 5.70. The largest absolute Gasteiger partial charge is 0.429 e. The number of benzene rings is 2. The van der Waals surface area contributed by atoms with Gasteiger partial charge in [0, 0.05) is 5.02 Å². The number of oxazole rings is 1. The Morgan fingerprint density at radius 1 is 1.11 bits per heavy atom. The third-order valence-corrected chi connectivity index (χ3v) is 3.38. The molecule has 2 aromatic carbocycles. The summed E-state index contributed by atoms with van der Waals surface area (Å²) in [6.07, 6.45) is -0.722. The van der Waals surface area contributed by atoms with E-state index in [0.717, 1.165) is 16.6 Å². The molecule has 5 heteroatoms. The Bertz CT molecular complexity index is 776. The van der Waals surface area contributed by atoms with Crippen LogP contribution >= 0.6 is 23.8 Å². The summed E-state index contributed by atoms with van der Waals surface area (Å²) in [7, 11) is 0. The van der Waals surface area contributed by atoms with E-state index in [1.807, 2.05) is 12.1 Å². The third kappa shape index (κ3) is 2.42. The van der Waals surface area contributed by atoms with Crippen molar-refractivity contribution in [1.29, 1.82) is 0 Å². The molecule has 0 amide bonds. The summed E-state index contributed by atoms with van der Waals surface area (Å²) >= 11 is 10.8. The van der Waals surface area contributed by atoms with Crippen molar-refractivity contribution in [2.75, 3.05) is 0 Å². The molecule has 3 nitrogen and oxygen atoms in total. The number of aromatic amines is 1. The van der Waals surface area contributed by atoms with Crippen LogP contribution in [0.25, 0.3) is 11.1 Å². The highest BCUT2D eigenvalue weighted by molar-refractivity contribution is 7.71.